The van der Waals surface area contributed by atoms with Gasteiger partial charge in [-0.1, -0.05) is 0 Å². The molecule has 3 heterocycles. The largest absolute Gasteiger partial charge is 0.375 e. The minimum Gasteiger partial charge on any atom is -0.375 e. The van der Waals surface area contributed by atoms with E-state index in [4.69, 9.17) is 4.74 Å². The molecular weight excluding hydrogens is 292 g/mol. The number of likely N-dealkylation sites (tertiary alicyclic amines) is 1. The van der Waals surface area contributed by atoms with E-state index in [1.165, 1.54) is 12.8 Å². The Morgan fingerprint density at radius 2 is 2.04 bits per heavy atom. The number of amides is 1. The molecule has 1 atom stereocenters. The second-order valence-corrected chi connectivity index (χ2v) is 6.50. The summed E-state index contributed by atoms with van der Waals surface area (Å²) < 4.78 is 4.98. The number of ether oxygens (including phenoxy) is 1. The minimum absolute atomic E-state index is 0.0720. The van der Waals surface area contributed by atoms with Crippen LogP contribution in [0.3, 0.4) is 0 Å². The van der Waals surface area contributed by atoms with Crippen LogP contribution in [0, 0.1) is 6.92 Å². The summed E-state index contributed by atoms with van der Waals surface area (Å²) in [7, 11) is 1.56. The van der Waals surface area contributed by atoms with Crippen molar-refractivity contribution < 1.29 is 9.53 Å². The third kappa shape index (κ3) is 3.80. The van der Waals surface area contributed by atoms with Gasteiger partial charge in [-0.25, -0.2) is 9.97 Å². The summed E-state index contributed by atoms with van der Waals surface area (Å²) in [5, 5.41) is 0. The minimum atomic E-state index is 0.0720. The van der Waals surface area contributed by atoms with Crippen LogP contribution in [-0.4, -0.2) is 60.7 Å². The van der Waals surface area contributed by atoms with E-state index in [0.717, 1.165) is 56.4 Å². The SMILES string of the molecule is COCC(=O)N1CCCC(c2cc(N3CCCC3)nc(C)n2)C1. The number of rotatable bonds is 4. The van der Waals surface area contributed by atoms with Crippen LogP contribution in [0.2, 0.25) is 0 Å². The summed E-state index contributed by atoms with van der Waals surface area (Å²) in [6.07, 6.45) is 4.57. The van der Waals surface area contributed by atoms with Crippen LogP contribution in [0.1, 0.15) is 43.1 Å². The van der Waals surface area contributed by atoms with Gasteiger partial charge in [0.25, 0.3) is 0 Å². The van der Waals surface area contributed by atoms with E-state index < -0.39 is 0 Å². The molecule has 0 saturated carbocycles. The molecule has 6 heteroatoms. The number of aromatic nitrogens is 2. The van der Waals surface area contributed by atoms with Crippen LogP contribution >= 0.6 is 0 Å². The molecule has 0 spiro atoms. The molecule has 0 aliphatic carbocycles. The first-order valence-corrected chi connectivity index (χ1v) is 8.54. The fraction of sp³-hybridized carbons (Fsp3) is 0.706. The molecule has 2 saturated heterocycles. The highest BCUT2D eigenvalue weighted by atomic mass is 16.5. The molecule has 1 unspecified atom stereocenters. The van der Waals surface area contributed by atoms with Gasteiger partial charge in [0.2, 0.25) is 5.91 Å². The lowest BCUT2D eigenvalue weighted by Gasteiger charge is -2.32. The molecule has 23 heavy (non-hydrogen) atoms. The Hall–Kier alpha value is -1.69. The van der Waals surface area contributed by atoms with Crippen LogP contribution in [0.15, 0.2) is 6.07 Å². The van der Waals surface area contributed by atoms with E-state index in [1.807, 2.05) is 11.8 Å². The molecule has 1 aromatic rings. The van der Waals surface area contributed by atoms with Gasteiger partial charge >= 0.3 is 0 Å². The molecule has 0 radical (unpaired) electrons. The Balaban J connectivity index is 1.76. The van der Waals surface area contributed by atoms with Crippen molar-refractivity contribution in [3.8, 4) is 0 Å². The lowest BCUT2D eigenvalue weighted by atomic mass is 9.94. The topological polar surface area (TPSA) is 58.6 Å². The second-order valence-electron chi connectivity index (χ2n) is 6.50. The summed E-state index contributed by atoms with van der Waals surface area (Å²) >= 11 is 0. The van der Waals surface area contributed by atoms with Gasteiger partial charge in [-0.15, -0.1) is 0 Å². The maximum absolute atomic E-state index is 12.1. The van der Waals surface area contributed by atoms with Crippen molar-refractivity contribution in [1.29, 1.82) is 0 Å². The van der Waals surface area contributed by atoms with Crippen molar-refractivity contribution >= 4 is 11.7 Å². The molecular formula is C17H26N4O2. The quantitative estimate of drug-likeness (QED) is 0.846. The standard InChI is InChI=1S/C17H26N4O2/c1-13-18-15(10-16(19-13)20-7-3-4-8-20)14-6-5-9-21(11-14)17(22)12-23-2/h10,14H,3-9,11-12H2,1-2H3. The molecule has 6 nitrogen and oxygen atoms in total. The third-order valence-corrected chi connectivity index (χ3v) is 4.73. The third-order valence-electron chi connectivity index (χ3n) is 4.73. The van der Waals surface area contributed by atoms with Crippen molar-refractivity contribution in [3.05, 3.63) is 17.6 Å². The highest BCUT2D eigenvalue weighted by Crippen LogP contribution is 2.28. The maximum atomic E-state index is 12.1. The van der Waals surface area contributed by atoms with Crippen molar-refractivity contribution in [3.63, 3.8) is 0 Å². The number of aryl methyl sites for hydroxylation is 1. The normalized spacial score (nSPS) is 21.7. The molecule has 0 N–H and O–H groups in total. The Bertz CT molecular complexity index is 558. The zero-order valence-corrected chi connectivity index (χ0v) is 14.1. The lowest BCUT2D eigenvalue weighted by Crippen LogP contribution is -2.41. The first kappa shape index (κ1) is 16.2. The average Bonchev–Trinajstić information content (AvgIpc) is 3.09. The van der Waals surface area contributed by atoms with Crippen LogP contribution < -0.4 is 4.90 Å². The van der Waals surface area contributed by atoms with Crippen LogP contribution in [0.25, 0.3) is 0 Å². The Labute approximate surface area is 137 Å². The fourth-order valence-electron chi connectivity index (χ4n) is 3.55. The van der Waals surface area contributed by atoms with Gasteiger partial charge in [0, 0.05) is 45.3 Å². The van der Waals surface area contributed by atoms with Crippen LogP contribution in [0.5, 0.6) is 0 Å². The van der Waals surface area contributed by atoms with Crippen LogP contribution in [-0.2, 0) is 9.53 Å². The average molecular weight is 318 g/mol. The second kappa shape index (κ2) is 7.25. The van der Waals surface area contributed by atoms with E-state index in [-0.39, 0.29) is 12.5 Å². The predicted octanol–water partition coefficient (Wildman–Crippen LogP) is 1.74. The van der Waals surface area contributed by atoms with Crippen LogP contribution in [0.4, 0.5) is 5.82 Å². The molecule has 2 fully saturated rings. The number of anilines is 1. The first-order chi connectivity index (χ1) is 11.2. The number of piperidine rings is 1. The number of carbonyl (C=O) groups is 1. The van der Waals surface area contributed by atoms with Crippen molar-refractivity contribution in [2.24, 2.45) is 0 Å². The highest BCUT2D eigenvalue weighted by Gasteiger charge is 2.26. The van der Waals surface area contributed by atoms with E-state index in [2.05, 4.69) is 20.9 Å². The molecule has 1 amide bonds. The van der Waals surface area contributed by atoms with Gasteiger partial charge in [0.15, 0.2) is 0 Å². The summed E-state index contributed by atoms with van der Waals surface area (Å²) in [6.45, 7) is 5.84. The first-order valence-electron chi connectivity index (χ1n) is 8.54. The summed E-state index contributed by atoms with van der Waals surface area (Å²) in [5.74, 6) is 2.24. The number of carbonyl (C=O) groups excluding carboxylic acids is 1. The zero-order chi connectivity index (χ0) is 16.2. The number of hydrogen-bond acceptors (Lipinski definition) is 5. The number of methoxy groups -OCH3 is 1. The number of hydrogen-bond donors (Lipinski definition) is 0. The molecule has 1 aromatic heterocycles. The highest BCUT2D eigenvalue weighted by molar-refractivity contribution is 5.77. The monoisotopic (exact) mass is 318 g/mol. The smallest absolute Gasteiger partial charge is 0.248 e. The molecule has 2 aliphatic rings. The predicted molar refractivity (Wildman–Crippen MR) is 88.6 cm³/mol. The van der Waals surface area contributed by atoms with Gasteiger partial charge in [-0.05, 0) is 32.6 Å². The van der Waals surface area contributed by atoms with E-state index in [9.17, 15) is 4.79 Å². The number of nitrogens with zero attached hydrogens (tertiary/aromatic N) is 4. The fourth-order valence-corrected chi connectivity index (χ4v) is 3.55. The maximum Gasteiger partial charge on any atom is 0.248 e. The Kier molecular flexibility index (Phi) is 5.10. The van der Waals surface area contributed by atoms with Crippen molar-refractivity contribution in [2.75, 3.05) is 44.8 Å². The molecule has 0 bridgehead atoms. The zero-order valence-electron chi connectivity index (χ0n) is 14.1. The molecule has 2 aliphatic heterocycles. The van der Waals surface area contributed by atoms with Gasteiger partial charge in [-0.3, -0.25) is 4.79 Å². The summed E-state index contributed by atoms with van der Waals surface area (Å²) in [6, 6.07) is 2.13. The van der Waals surface area contributed by atoms with Gasteiger partial charge in [0.1, 0.15) is 18.2 Å². The lowest BCUT2D eigenvalue weighted by molar-refractivity contribution is -0.136. The van der Waals surface area contributed by atoms with Gasteiger partial charge < -0.3 is 14.5 Å². The van der Waals surface area contributed by atoms with Crippen molar-refractivity contribution in [1.82, 2.24) is 14.9 Å². The van der Waals surface area contributed by atoms with Gasteiger partial charge in [0.05, 0.1) is 5.69 Å². The summed E-state index contributed by atoms with van der Waals surface area (Å²) in [4.78, 5) is 25.6. The van der Waals surface area contributed by atoms with E-state index in [0.29, 0.717) is 5.92 Å². The molecule has 126 valence electrons. The van der Waals surface area contributed by atoms with Gasteiger partial charge in [-0.2, -0.15) is 0 Å². The molecule has 0 aromatic carbocycles. The van der Waals surface area contributed by atoms with E-state index in [1.54, 1.807) is 7.11 Å². The van der Waals surface area contributed by atoms with E-state index >= 15 is 0 Å². The summed E-state index contributed by atoms with van der Waals surface area (Å²) in [5.41, 5.74) is 1.08. The Morgan fingerprint density at radius 3 is 2.78 bits per heavy atom. The molecule has 3 rings (SSSR count). The van der Waals surface area contributed by atoms with Crippen molar-refractivity contribution in [2.45, 2.75) is 38.5 Å². The Morgan fingerprint density at radius 1 is 1.26 bits per heavy atom.